The van der Waals surface area contributed by atoms with E-state index in [0.717, 1.165) is 49.4 Å². The van der Waals surface area contributed by atoms with Crippen LogP contribution in [-0.4, -0.2) is 81.9 Å². The van der Waals surface area contributed by atoms with E-state index in [4.69, 9.17) is 38.1 Å². The van der Waals surface area contributed by atoms with Crippen molar-refractivity contribution in [3.63, 3.8) is 0 Å². The number of benzene rings is 2. The monoisotopic (exact) mass is 581 g/mol. The molecule has 40 heavy (non-hydrogen) atoms. The lowest BCUT2D eigenvalue weighted by Crippen LogP contribution is -2.46. The van der Waals surface area contributed by atoms with Crippen LogP contribution < -0.4 is 16.4 Å². The van der Waals surface area contributed by atoms with Crippen LogP contribution in [0.3, 0.4) is 0 Å². The van der Waals surface area contributed by atoms with E-state index in [1.807, 2.05) is 24.3 Å². The summed E-state index contributed by atoms with van der Waals surface area (Å²) < 4.78 is 31.7. The number of alkyl halides is 3. The Morgan fingerprint density at radius 1 is 1.02 bits per heavy atom. The number of anilines is 1. The summed E-state index contributed by atoms with van der Waals surface area (Å²) in [6.45, 7) is 4.33. The molecule has 1 aliphatic heterocycles. The Morgan fingerprint density at radius 2 is 1.70 bits per heavy atom. The zero-order valence-corrected chi connectivity index (χ0v) is 21.9. The number of fused-ring (bicyclic) bond motifs is 1. The first-order valence-corrected chi connectivity index (χ1v) is 12.4. The van der Waals surface area contributed by atoms with Crippen LogP contribution in [-0.2, 0) is 9.59 Å². The summed E-state index contributed by atoms with van der Waals surface area (Å²) in [5.41, 5.74) is 14.5. The number of nitrogens with zero attached hydrogens (tertiary/aromatic N) is 5. The number of guanidine groups is 1. The zero-order valence-electron chi connectivity index (χ0n) is 21.1. The number of hydrogen-bond donors (Lipinski definition) is 4. The summed E-state index contributed by atoms with van der Waals surface area (Å²) in [5, 5.41) is 17.4. The fraction of sp³-hybridized carbons (Fsp3) is 0.320. The zero-order chi connectivity index (χ0) is 29.4. The van der Waals surface area contributed by atoms with Crippen LogP contribution in [0.2, 0.25) is 5.02 Å². The van der Waals surface area contributed by atoms with Crippen LogP contribution in [0.4, 0.5) is 24.8 Å². The minimum atomic E-state index is -5.08. The molecule has 2 heterocycles. The molecular weight excluding hydrogens is 555 g/mol. The molecule has 1 aliphatic rings. The third kappa shape index (κ3) is 8.68. The Hall–Kier alpha value is -4.17. The van der Waals surface area contributed by atoms with Gasteiger partial charge in [-0.25, -0.2) is 14.8 Å². The number of aliphatic carboxylic acids is 2. The van der Waals surface area contributed by atoms with Crippen molar-refractivity contribution in [3.05, 3.63) is 47.5 Å². The molecule has 0 saturated carbocycles. The summed E-state index contributed by atoms with van der Waals surface area (Å²) in [4.78, 5) is 37.3. The average molecular weight is 582 g/mol. The molecule has 11 nitrogen and oxygen atoms in total. The molecule has 3 aromatic rings. The molecule has 1 saturated heterocycles. The van der Waals surface area contributed by atoms with Gasteiger partial charge in [0.15, 0.2) is 5.96 Å². The maximum absolute atomic E-state index is 10.7. The van der Waals surface area contributed by atoms with Crippen LogP contribution in [0.15, 0.2) is 47.5 Å². The summed E-state index contributed by atoms with van der Waals surface area (Å²) in [6.07, 6.45) is -4.20. The maximum atomic E-state index is 10.7. The van der Waals surface area contributed by atoms with E-state index in [-0.39, 0.29) is 18.3 Å². The standard InChI is InChI=1S/C23H26ClN7O2.C2HF3O2/c24-16-6-7-19-18(14-16)21(28-23(27-19)29-22(25)26)15-3-1-4-17(13-15)31-11-9-30(10-12-31)8-2-5-20(32)33;3-2(4,5)1(6)7/h1,3-4,6-7,13-14H,2,5,8-12H2,(H,32,33)(H4,25,26,27,28,29);(H,6,7). The Bertz CT molecular complexity index is 1390. The van der Waals surface area contributed by atoms with Gasteiger partial charge in [-0.15, -0.1) is 0 Å². The molecule has 0 atom stereocenters. The van der Waals surface area contributed by atoms with Gasteiger partial charge in [-0.2, -0.15) is 18.2 Å². The van der Waals surface area contributed by atoms with Crippen molar-refractivity contribution < 1.29 is 33.0 Å². The van der Waals surface area contributed by atoms with Gasteiger partial charge in [0, 0.05) is 54.3 Å². The molecule has 1 fully saturated rings. The molecule has 0 amide bonds. The van der Waals surface area contributed by atoms with Crippen LogP contribution in [0, 0.1) is 0 Å². The number of piperazine rings is 1. The van der Waals surface area contributed by atoms with Gasteiger partial charge >= 0.3 is 18.1 Å². The van der Waals surface area contributed by atoms with Crippen molar-refractivity contribution in [1.29, 1.82) is 0 Å². The lowest BCUT2D eigenvalue weighted by Gasteiger charge is -2.36. The Kier molecular flexibility index (Phi) is 10.1. The van der Waals surface area contributed by atoms with Crippen LogP contribution in [0.1, 0.15) is 12.8 Å². The van der Waals surface area contributed by atoms with Gasteiger partial charge in [-0.1, -0.05) is 23.7 Å². The highest BCUT2D eigenvalue weighted by atomic mass is 35.5. The molecule has 4 rings (SSSR count). The van der Waals surface area contributed by atoms with Crippen molar-refractivity contribution in [2.45, 2.75) is 19.0 Å². The van der Waals surface area contributed by atoms with Gasteiger partial charge in [0.2, 0.25) is 0 Å². The van der Waals surface area contributed by atoms with E-state index < -0.39 is 18.1 Å². The number of aliphatic imine (C=N–C) groups is 1. The van der Waals surface area contributed by atoms with Crippen molar-refractivity contribution in [2.75, 3.05) is 37.6 Å². The SMILES string of the molecule is NC(N)=Nc1nc(-c2cccc(N3CCN(CCCC(=O)O)CC3)c2)c2cc(Cl)ccc2n1.O=C(O)C(F)(F)F. The highest BCUT2D eigenvalue weighted by molar-refractivity contribution is 6.31. The molecule has 0 spiro atoms. The van der Waals surface area contributed by atoms with E-state index in [9.17, 15) is 18.0 Å². The minimum absolute atomic E-state index is 0.107. The number of carboxylic acid groups (broad SMARTS) is 2. The topological polar surface area (TPSA) is 171 Å². The van der Waals surface area contributed by atoms with Gasteiger partial charge in [-0.3, -0.25) is 9.69 Å². The molecule has 1 aromatic heterocycles. The number of aromatic nitrogens is 2. The quantitative estimate of drug-likeness (QED) is 0.239. The number of nitrogens with two attached hydrogens (primary N) is 2. The second-order valence-corrected chi connectivity index (χ2v) is 9.19. The van der Waals surface area contributed by atoms with Gasteiger partial charge in [0.05, 0.1) is 11.2 Å². The molecule has 0 radical (unpaired) electrons. The summed E-state index contributed by atoms with van der Waals surface area (Å²) >= 11 is 6.25. The van der Waals surface area contributed by atoms with Crippen LogP contribution in [0.5, 0.6) is 0 Å². The third-order valence-electron chi connectivity index (χ3n) is 5.84. The predicted molar refractivity (Wildman–Crippen MR) is 145 cm³/mol. The number of halogens is 4. The molecule has 15 heteroatoms. The Morgan fingerprint density at radius 3 is 2.30 bits per heavy atom. The second-order valence-electron chi connectivity index (χ2n) is 8.75. The molecule has 6 N–H and O–H groups in total. The first kappa shape index (κ1) is 30.4. The fourth-order valence-electron chi connectivity index (χ4n) is 4.01. The Labute approximate surface area is 231 Å². The van der Waals surface area contributed by atoms with Gasteiger partial charge < -0.3 is 26.6 Å². The maximum Gasteiger partial charge on any atom is 0.490 e. The van der Waals surface area contributed by atoms with E-state index >= 15 is 0 Å². The van der Waals surface area contributed by atoms with Crippen molar-refractivity contribution in [2.24, 2.45) is 16.5 Å². The molecule has 2 aromatic carbocycles. The van der Waals surface area contributed by atoms with E-state index in [2.05, 4.69) is 36.9 Å². The highest BCUT2D eigenvalue weighted by Gasteiger charge is 2.38. The van der Waals surface area contributed by atoms with E-state index in [1.165, 1.54) is 0 Å². The van der Waals surface area contributed by atoms with Crippen molar-refractivity contribution in [3.8, 4) is 11.3 Å². The van der Waals surface area contributed by atoms with Crippen molar-refractivity contribution >= 4 is 52.0 Å². The van der Waals surface area contributed by atoms with Gasteiger partial charge in [-0.05, 0) is 43.3 Å². The Balaban J connectivity index is 0.000000559. The van der Waals surface area contributed by atoms with Crippen molar-refractivity contribution in [1.82, 2.24) is 14.9 Å². The average Bonchev–Trinajstić information content (AvgIpc) is 2.88. The molecule has 0 aliphatic carbocycles. The highest BCUT2D eigenvalue weighted by Crippen LogP contribution is 2.32. The van der Waals surface area contributed by atoms with E-state index in [1.54, 1.807) is 6.07 Å². The van der Waals surface area contributed by atoms with Crippen LogP contribution >= 0.6 is 11.6 Å². The van der Waals surface area contributed by atoms with Gasteiger partial charge in [0.1, 0.15) is 0 Å². The predicted octanol–water partition coefficient (Wildman–Crippen LogP) is 3.48. The number of hydrogen-bond acceptors (Lipinski definition) is 7. The first-order valence-electron chi connectivity index (χ1n) is 12.0. The lowest BCUT2D eigenvalue weighted by atomic mass is 10.1. The fourth-order valence-corrected chi connectivity index (χ4v) is 4.18. The molecule has 214 valence electrons. The minimum Gasteiger partial charge on any atom is -0.481 e. The summed E-state index contributed by atoms with van der Waals surface area (Å²) in [6, 6.07) is 13.6. The second kappa shape index (κ2) is 13.3. The summed E-state index contributed by atoms with van der Waals surface area (Å²) in [7, 11) is 0. The number of rotatable bonds is 7. The number of carbonyl (C=O) groups is 2. The lowest BCUT2D eigenvalue weighted by molar-refractivity contribution is -0.192. The molecular formula is C25H27ClF3N7O4. The summed E-state index contributed by atoms with van der Waals surface area (Å²) in [5.74, 6) is -3.41. The molecule has 0 bridgehead atoms. The largest absolute Gasteiger partial charge is 0.490 e. The normalized spacial score (nSPS) is 13.8. The van der Waals surface area contributed by atoms with Crippen LogP contribution in [0.25, 0.3) is 22.2 Å². The third-order valence-corrected chi connectivity index (χ3v) is 6.07. The first-order chi connectivity index (χ1) is 18.8. The van der Waals surface area contributed by atoms with E-state index in [0.29, 0.717) is 22.7 Å². The number of carboxylic acids is 2. The molecule has 0 unspecified atom stereocenters. The van der Waals surface area contributed by atoms with Gasteiger partial charge in [0.25, 0.3) is 5.95 Å². The smallest absolute Gasteiger partial charge is 0.481 e.